The van der Waals surface area contributed by atoms with E-state index >= 15 is 0 Å². The molecule has 1 unspecified atom stereocenters. The number of halogens is 1. The zero-order valence-corrected chi connectivity index (χ0v) is 17.5. The molecular formula is C23H22ClNO5. The lowest BCUT2D eigenvalue weighted by atomic mass is 9.98. The molecule has 0 spiro atoms. The molecule has 1 atom stereocenters. The molecule has 0 bridgehead atoms. The van der Waals surface area contributed by atoms with Crippen molar-refractivity contribution in [3.05, 3.63) is 74.1 Å². The summed E-state index contributed by atoms with van der Waals surface area (Å²) in [5, 5.41) is 10.1. The van der Waals surface area contributed by atoms with Gasteiger partial charge in [0.2, 0.25) is 5.76 Å². The molecule has 0 fully saturated rings. The van der Waals surface area contributed by atoms with Crippen LogP contribution in [0, 0.1) is 6.92 Å². The van der Waals surface area contributed by atoms with Gasteiger partial charge >= 0.3 is 0 Å². The van der Waals surface area contributed by atoms with Crippen molar-refractivity contribution in [3.63, 3.8) is 0 Å². The molecule has 6 nitrogen and oxygen atoms in total. The summed E-state index contributed by atoms with van der Waals surface area (Å²) >= 11 is 6.24. The molecule has 0 saturated carbocycles. The summed E-state index contributed by atoms with van der Waals surface area (Å²) in [5.41, 5.74) is 1.85. The predicted octanol–water partition coefficient (Wildman–Crippen LogP) is 4.08. The monoisotopic (exact) mass is 427 g/mol. The van der Waals surface area contributed by atoms with E-state index in [0.29, 0.717) is 46.9 Å². The summed E-state index contributed by atoms with van der Waals surface area (Å²) in [6, 6.07) is 9.98. The summed E-state index contributed by atoms with van der Waals surface area (Å²) in [6.07, 6.45) is 0.389. The van der Waals surface area contributed by atoms with Crippen LogP contribution in [0.5, 0.6) is 5.75 Å². The summed E-state index contributed by atoms with van der Waals surface area (Å²) in [7, 11) is 0. The number of fused-ring (bicyclic) bond motifs is 2. The van der Waals surface area contributed by atoms with E-state index in [1.807, 2.05) is 38.1 Å². The van der Waals surface area contributed by atoms with Crippen LogP contribution in [-0.2, 0) is 0 Å². The van der Waals surface area contributed by atoms with E-state index in [0.717, 1.165) is 11.1 Å². The Bertz CT molecular complexity index is 1190. The molecular weight excluding hydrogens is 406 g/mol. The van der Waals surface area contributed by atoms with E-state index in [1.165, 1.54) is 0 Å². The lowest BCUT2D eigenvalue weighted by molar-refractivity contribution is 0.0716. The fourth-order valence-electron chi connectivity index (χ4n) is 3.90. The molecule has 1 aliphatic heterocycles. The molecule has 0 aliphatic carbocycles. The van der Waals surface area contributed by atoms with Gasteiger partial charge in [0.15, 0.2) is 5.43 Å². The third kappa shape index (κ3) is 3.36. The van der Waals surface area contributed by atoms with Gasteiger partial charge in [0.05, 0.1) is 23.6 Å². The second-order valence-corrected chi connectivity index (χ2v) is 7.66. The normalized spacial score (nSPS) is 15.7. The Labute approximate surface area is 178 Å². The number of aliphatic hydroxyl groups excluding tert-OH is 1. The molecule has 1 aromatic heterocycles. The number of hydrogen-bond acceptors (Lipinski definition) is 5. The van der Waals surface area contributed by atoms with Crippen molar-refractivity contribution in [1.29, 1.82) is 0 Å². The van der Waals surface area contributed by atoms with Crippen LogP contribution in [0.4, 0.5) is 0 Å². The zero-order valence-electron chi connectivity index (χ0n) is 16.8. The van der Waals surface area contributed by atoms with Crippen LogP contribution >= 0.6 is 11.6 Å². The Morgan fingerprint density at radius 3 is 2.77 bits per heavy atom. The number of carbonyl (C=O) groups is 1. The van der Waals surface area contributed by atoms with Gasteiger partial charge in [-0.1, -0.05) is 23.7 Å². The maximum atomic E-state index is 13.5. The molecule has 0 saturated heterocycles. The van der Waals surface area contributed by atoms with E-state index in [4.69, 9.17) is 20.8 Å². The largest absolute Gasteiger partial charge is 0.494 e. The Balaban J connectivity index is 1.95. The SMILES string of the molecule is CCOc1cccc(C2c3c(oc4cc(C)c(Cl)cc4c3=O)C(=O)N2CCCO)c1. The highest BCUT2D eigenvalue weighted by Crippen LogP contribution is 2.39. The van der Waals surface area contributed by atoms with Gasteiger partial charge in [-0.2, -0.15) is 0 Å². The Kier molecular flexibility index (Phi) is 5.54. The van der Waals surface area contributed by atoms with E-state index in [1.54, 1.807) is 17.0 Å². The molecule has 7 heteroatoms. The number of aliphatic hydroxyl groups is 1. The van der Waals surface area contributed by atoms with Gasteiger partial charge in [-0.25, -0.2) is 0 Å². The first-order valence-corrected chi connectivity index (χ1v) is 10.3. The van der Waals surface area contributed by atoms with Crippen molar-refractivity contribution >= 4 is 28.5 Å². The maximum Gasteiger partial charge on any atom is 0.290 e. The average Bonchev–Trinajstić information content (AvgIpc) is 3.01. The number of amides is 1. The first kappa shape index (κ1) is 20.4. The highest BCUT2D eigenvalue weighted by atomic mass is 35.5. The van der Waals surface area contributed by atoms with Gasteiger partial charge in [0, 0.05) is 18.2 Å². The Hall–Kier alpha value is -2.83. The van der Waals surface area contributed by atoms with Crippen molar-refractivity contribution in [2.45, 2.75) is 26.3 Å². The van der Waals surface area contributed by atoms with Crippen molar-refractivity contribution < 1.29 is 19.1 Å². The average molecular weight is 428 g/mol. The number of aryl methyl sites for hydroxylation is 1. The van der Waals surface area contributed by atoms with Crippen LogP contribution in [0.2, 0.25) is 5.02 Å². The van der Waals surface area contributed by atoms with E-state index < -0.39 is 6.04 Å². The Morgan fingerprint density at radius 2 is 2.03 bits per heavy atom. The minimum atomic E-state index is -0.625. The molecule has 156 valence electrons. The third-order valence-corrected chi connectivity index (χ3v) is 5.70. The van der Waals surface area contributed by atoms with Gasteiger partial charge in [0.25, 0.3) is 5.91 Å². The molecule has 0 radical (unpaired) electrons. The van der Waals surface area contributed by atoms with Gasteiger partial charge in [-0.05, 0) is 55.7 Å². The first-order chi connectivity index (χ1) is 14.5. The number of rotatable bonds is 6. The van der Waals surface area contributed by atoms with Crippen LogP contribution in [0.15, 0.2) is 45.6 Å². The van der Waals surface area contributed by atoms with Crippen LogP contribution in [0.25, 0.3) is 11.0 Å². The number of hydrogen-bond donors (Lipinski definition) is 1. The van der Waals surface area contributed by atoms with Gasteiger partial charge in [0.1, 0.15) is 11.3 Å². The van der Waals surface area contributed by atoms with Gasteiger partial charge < -0.3 is 19.2 Å². The fraction of sp³-hybridized carbons (Fsp3) is 0.304. The van der Waals surface area contributed by atoms with Crippen molar-refractivity contribution in [3.8, 4) is 5.75 Å². The molecule has 2 aromatic carbocycles. The van der Waals surface area contributed by atoms with Crippen molar-refractivity contribution in [2.75, 3.05) is 19.8 Å². The van der Waals surface area contributed by atoms with Crippen LogP contribution in [0.3, 0.4) is 0 Å². The minimum Gasteiger partial charge on any atom is -0.494 e. The summed E-state index contributed by atoms with van der Waals surface area (Å²) in [4.78, 5) is 28.2. The summed E-state index contributed by atoms with van der Waals surface area (Å²) in [5.74, 6) is 0.331. The number of carbonyl (C=O) groups excluding carboxylic acids is 1. The number of ether oxygens (including phenoxy) is 1. The fourth-order valence-corrected chi connectivity index (χ4v) is 4.06. The molecule has 30 heavy (non-hydrogen) atoms. The molecule has 1 aliphatic rings. The lowest BCUT2D eigenvalue weighted by Crippen LogP contribution is -2.31. The highest BCUT2D eigenvalue weighted by molar-refractivity contribution is 6.32. The minimum absolute atomic E-state index is 0.0407. The summed E-state index contributed by atoms with van der Waals surface area (Å²) in [6.45, 7) is 4.43. The van der Waals surface area contributed by atoms with E-state index in [9.17, 15) is 14.7 Å². The molecule has 3 aromatic rings. The van der Waals surface area contributed by atoms with E-state index in [-0.39, 0.29) is 23.7 Å². The molecule has 4 rings (SSSR count). The van der Waals surface area contributed by atoms with Crippen LogP contribution < -0.4 is 10.2 Å². The summed E-state index contributed by atoms with van der Waals surface area (Å²) < 4.78 is 11.5. The third-order valence-electron chi connectivity index (χ3n) is 5.29. The zero-order chi connectivity index (χ0) is 21.4. The lowest BCUT2D eigenvalue weighted by Gasteiger charge is -2.25. The molecule has 2 heterocycles. The quantitative estimate of drug-likeness (QED) is 0.641. The van der Waals surface area contributed by atoms with Crippen LogP contribution in [-0.4, -0.2) is 35.7 Å². The van der Waals surface area contributed by atoms with Gasteiger partial charge in [-0.15, -0.1) is 0 Å². The maximum absolute atomic E-state index is 13.5. The van der Waals surface area contributed by atoms with E-state index in [2.05, 4.69) is 0 Å². The van der Waals surface area contributed by atoms with Gasteiger partial charge in [-0.3, -0.25) is 9.59 Å². The van der Waals surface area contributed by atoms with Crippen molar-refractivity contribution in [1.82, 2.24) is 4.90 Å². The van der Waals surface area contributed by atoms with Crippen LogP contribution in [0.1, 0.15) is 46.6 Å². The highest BCUT2D eigenvalue weighted by Gasteiger charge is 2.42. The second kappa shape index (κ2) is 8.13. The Morgan fingerprint density at radius 1 is 1.23 bits per heavy atom. The molecule has 1 N–H and O–H groups in total. The standard InChI is InChI=1S/C23H22ClNO5/c1-3-29-15-7-4-6-14(11-15)20-19-21(27)16-12-17(24)13(2)10-18(16)30-22(19)23(28)25(20)8-5-9-26/h4,6-7,10-12,20,26H,3,5,8-9H2,1-2H3. The van der Waals surface area contributed by atoms with Crippen molar-refractivity contribution in [2.24, 2.45) is 0 Å². The second-order valence-electron chi connectivity index (χ2n) is 7.26. The number of benzene rings is 2. The predicted molar refractivity (Wildman–Crippen MR) is 114 cm³/mol. The first-order valence-electron chi connectivity index (χ1n) is 9.87. The smallest absolute Gasteiger partial charge is 0.290 e. The number of nitrogens with zero attached hydrogens (tertiary/aromatic N) is 1. The molecule has 1 amide bonds. The topological polar surface area (TPSA) is 80.0 Å².